The number of rotatable bonds is 6. The smallest absolute Gasteiger partial charge is 0.303 e. The first-order valence-electron chi connectivity index (χ1n) is 7.61. The number of piperidine rings is 1. The summed E-state index contributed by atoms with van der Waals surface area (Å²) in [5, 5.41) is 8.96. The predicted octanol–water partition coefficient (Wildman–Crippen LogP) is 3.55. The number of carboxylic acid groups (broad SMARTS) is 1. The molecular weight excluding hydrogens is 254 g/mol. The van der Waals surface area contributed by atoms with E-state index in [0.29, 0.717) is 12.0 Å². The molecule has 0 saturated carbocycles. The van der Waals surface area contributed by atoms with Gasteiger partial charge in [-0.2, -0.15) is 0 Å². The van der Waals surface area contributed by atoms with E-state index in [4.69, 9.17) is 9.52 Å². The van der Waals surface area contributed by atoms with Gasteiger partial charge in [0, 0.05) is 13.0 Å². The summed E-state index contributed by atoms with van der Waals surface area (Å²) in [6, 6.07) is 4.30. The Kier molecular flexibility index (Phi) is 5.24. The molecule has 0 aromatic carbocycles. The van der Waals surface area contributed by atoms with Crippen LogP contribution in [0, 0.1) is 11.8 Å². The zero-order chi connectivity index (χ0) is 14.5. The minimum Gasteiger partial charge on any atom is -0.481 e. The highest BCUT2D eigenvalue weighted by atomic mass is 16.4. The number of furan rings is 1. The van der Waals surface area contributed by atoms with E-state index < -0.39 is 5.97 Å². The molecule has 1 aliphatic heterocycles. The van der Waals surface area contributed by atoms with Crippen LogP contribution in [0.4, 0.5) is 0 Å². The van der Waals surface area contributed by atoms with Crippen molar-refractivity contribution in [3.8, 4) is 0 Å². The van der Waals surface area contributed by atoms with E-state index in [-0.39, 0.29) is 12.3 Å². The van der Waals surface area contributed by atoms with E-state index in [1.807, 2.05) is 12.1 Å². The molecule has 0 aliphatic carbocycles. The predicted molar refractivity (Wildman–Crippen MR) is 77.5 cm³/mol. The normalized spacial score (nSPS) is 23.4. The lowest BCUT2D eigenvalue weighted by atomic mass is 9.84. The number of carbonyl (C=O) groups is 1. The van der Waals surface area contributed by atoms with Crippen molar-refractivity contribution in [2.24, 2.45) is 11.8 Å². The minimum absolute atomic E-state index is 0.240. The van der Waals surface area contributed by atoms with Crippen molar-refractivity contribution in [1.29, 1.82) is 0 Å². The highest BCUT2D eigenvalue weighted by molar-refractivity contribution is 5.67. The van der Waals surface area contributed by atoms with Crippen molar-refractivity contribution < 1.29 is 14.3 Å². The maximum absolute atomic E-state index is 10.9. The Labute approximate surface area is 120 Å². The third-order valence-electron chi connectivity index (χ3n) is 4.49. The van der Waals surface area contributed by atoms with Crippen molar-refractivity contribution in [2.45, 2.75) is 45.6 Å². The van der Waals surface area contributed by atoms with Crippen molar-refractivity contribution in [1.82, 2.24) is 4.90 Å². The lowest BCUT2D eigenvalue weighted by molar-refractivity contribution is -0.138. The van der Waals surface area contributed by atoms with Crippen LogP contribution < -0.4 is 0 Å². The average Bonchev–Trinajstić information content (AvgIpc) is 2.93. The summed E-state index contributed by atoms with van der Waals surface area (Å²) < 4.78 is 5.56. The molecule has 3 atom stereocenters. The maximum atomic E-state index is 10.9. The van der Waals surface area contributed by atoms with Crippen LogP contribution in [-0.2, 0) is 4.79 Å². The van der Waals surface area contributed by atoms with Gasteiger partial charge in [0.25, 0.3) is 0 Å². The quantitative estimate of drug-likeness (QED) is 0.865. The van der Waals surface area contributed by atoms with E-state index in [9.17, 15) is 4.79 Å². The van der Waals surface area contributed by atoms with Crippen LogP contribution in [0.5, 0.6) is 0 Å². The third-order valence-corrected chi connectivity index (χ3v) is 4.49. The van der Waals surface area contributed by atoms with Gasteiger partial charge in [-0.1, -0.05) is 13.8 Å². The molecule has 2 rings (SSSR count). The lowest BCUT2D eigenvalue weighted by Crippen LogP contribution is -2.40. The molecule has 2 heterocycles. The summed E-state index contributed by atoms with van der Waals surface area (Å²) in [6.07, 6.45) is 5.31. The fourth-order valence-corrected chi connectivity index (χ4v) is 3.35. The number of nitrogens with zero attached hydrogens (tertiary/aromatic N) is 1. The fraction of sp³-hybridized carbons (Fsp3) is 0.688. The summed E-state index contributed by atoms with van der Waals surface area (Å²) >= 11 is 0. The molecule has 20 heavy (non-hydrogen) atoms. The standard InChI is InChI=1S/C16H25NO3/c1-3-14(15-7-5-9-20-15)17-8-4-6-13(11-17)12(2)10-16(18)19/h5,7,9,12-14H,3-4,6,8,10-11H2,1-2H3,(H,18,19). The second-order valence-electron chi connectivity index (χ2n) is 5.91. The molecule has 1 saturated heterocycles. The van der Waals surface area contributed by atoms with Gasteiger partial charge < -0.3 is 9.52 Å². The second-order valence-corrected chi connectivity index (χ2v) is 5.91. The average molecular weight is 279 g/mol. The number of likely N-dealkylation sites (tertiary alicyclic amines) is 1. The molecule has 1 N–H and O–H groups in total. The summed E-state index contributed by atoms with van der Waals surface area (Å²) in [5.41, 5.74) is 0. The van der Waals surface area contributed by atoms with Gasteiger partial charge in [-0.15, -0.1) is 0 Å². The molecular formula is C16H25NO3. The van der Waals surface area contributed by atoms with E-state index in [2.05, 4.69) is 18.7 Å². The number of hydrogen-bond acceptors (Lipinski definition) is 3. The third kappa shape index (κ3) is 3.63. The van der Waals surface area contributed by atoms with Gasteiger partial charge in [0.15, 0.2) is 0 Å². The van der Waals surface area contributed by atoms with Crippen LogP contribution >= 0.6 is 0 Å². The molecule has 1 aliphatic rings. The first-order valence-corrected chi connectivity index (χ1v) is 7.61. The molecule has 1 aromatic rings. The minimum atomic E-state index is -0.687. The highest BCUT2D eigenvalue weighted by Gasteiger charge is 2.30. The molecule has 4 heteroatoms. The van der Waals surface area contributed by atoms with Gasteiger partial charge >= 0.3 is 5.97 Å². The Bertz CT molecular complexity index is 415. The number of aliphatic carboxylic acids is 1. The summed E-state index contributed by atoms with van der Waals surface area (Å²) in [6.45, 7) is 6.30. The first-order chi connectivity index (χ1) is 9.61. The maximum Gasteiger partial charge on any atom is 0.303 e. The molecule has 0 amide bonds. The summed E-state index contributed by atoms with van der Waals surface area (Å²) in [5.74, 6) is 1.06. The van der Waals surface area contributed by atoms with Gasteiger partial charge in [0.05, 0.1) is 12.3 Å². The molecule has 112 valence electrons. The summed E-state index contributed by atoms with van der Waals surface area (Å²) in [4.78, 5) is 13.3. The fourth-order valence-electron chi connectivity index (χ4n) is 3.35. The van der Waals surface area contributed by atoms with Crippen molar-refractivity contribution in [3.63, 3.8) is 0 Å². The van der Waals surface area contributed by atoms with E-state index in [1.165, 1.54) is 0 Å². The van der Waals surface area contributed by atoms with Gasteiger partial charge in [0.2, 0.25) is 0 Å². The Morgan fingerprint density at radius 2 is 2.40 bits per heavy atom. The number of carboxylic acids is 1. The molecule has 1 fully saturated rings. The Hall–Kier alpha value is -1.29. The molecule has 0 bridgehead atoms. The van der Waals surface area contributed by atoms with Gasteiger partial charge in [-0.3, -0.25) is 9.69 Å². The van der Waals surface area contributed by atoms with Gasteiger partial charge in [-0.25, -0.2) is 0 Å². The van der Waals surface area contributed by atoms with Crippen LogP contribution in [0.15, 0.2) is 22.8 Å². The van der Waals surface area contributed by atoms with Crippen LogP contribution in [0.3, 0.4) is 0 Å². The SMILES string of the molecule is CCC(c1ccco1)N1CCCC(C(C)CC(=O)O)C1. The van der Waals surface area contributed by atoms with Crippen LogP contribution in [0.25, 0.3) is 0 Å². The van der Waals surface area contributed by atoms with Crippen molar-refractivity contribution in [2.75, 3.05) is 13.1 Å². The summed E-state index contributed by atoms with van der Waals surface area (Å²) in [7, 11) is 0. The van der Waals surface area contributed by atoms with Crippen molar-refractivity contribution >= 4 is 5.97 Å². The van der Waals surface area contributed by atoms with Crippen LogP contribution in [-0.4, -0.2) is 29.1 Å². The molecule has 0 spiro atoms. The van der Waals surface area contributed by atoms with Gasteiger partial charge in [0.1, 0.15) is 5.76 Å². The Morgan fingerprint density at radius 3 is 3.00 bits per heavy atom. The van der Waals surface area contributed by atoms with E-state index in [1.54, 1.807) is 6.26 Å². The van der Waals surface area contributed by atoms with Crippen molar-refractivity contribution in [3.05, 3.63) is 24.2 Å². The second kappa shape index (κ2) is 6.93. The topological polar surface area (TPSA) is 53.7 Å². The number of hydrogen-bond donors (Lipinski definition) is 1. The molecule has 1 aromatic heterocycles. The van der Waals surface area contributed by atoms with E-state index >= 15 is 0 Å². The Balaban J connectivity index is 2.00. The molecule has 0 radical (unpaired) electrons. The first kappa shape index (κ1) is 15.1. The van der Waals surface area contributed by atoms with E-state index in [0.717, 1.165) is 38.1 Å². The van der Waals surface area contributed by atoms with Gasteiger partial charge in [-0.05, 0) is 49.8 Å². The molecule has 4 nitrogen and oxygen atoms in total. The Morgan fingerprint density at radius 1 is 1.60 bits per heavy atom. The molecule has 3 unspecified atom stereocenters. The van der Waals surface area contributed by atoms with Crippen LogP contribution in [0.1, 0.15) is 51.3 Å². The largest absolute Gasteiger partial charge is 0.481 e. The van der Waals surface area contributed by atoms with Crippen LogP contribution in [0.2, 0.25) is 0 Å². The zero-order valence-corrected chi connectivity index (χ0v) is 12.4. The zero-order valence-electron chi connectivity index (χ0n) is 12.4. The monoisotopic (exact) mass is 279 g/mol. The highest BCUT2D eigenvalue weighted by Crippen LogP contribution is 2.33. The lowest BCUT2D eigenvalue weighted by Gasteiger charge is -2.39.